The predicted molar refractivity (Wildman–Crippen MR) is 93.6 cm³/mol. The molecule has 2 nitrogen and oxygen atoms in total. The highest BCUT2D eigenvalue weighted by molar-refractivity contribution is 7.79. The number of benzene rings is 2. The standard InChI is InChI=1S/C19H21O2P/c1-2-3-10-19(15-16-20)22(21,17-11-6-4-7-12-17)18-13-8-5-9-14-18/h3-9,11-14,19-20H,1,10,15-16H2. The van der Waals surface area contributed by atoms with Crippen LogP contribution in [0.4, 0.5) is 0 Å². The Kier molecular flexibility index (Phi) is 5.98. The third-order valence-electron chi connectivity index (χ3n) is 3.79. The van der Waals surface area contributed by atoms with E-state index in [1.807, 2.05) is 60.7 Å². The molecular formula is C19H21O2P. The smallest absolute Gasteiger partial charge is 0.146 e. The van der Waals surface area contributed by atoms with Gasteiger partial charge in [-0.3, -0.25) is 0 Å². The molecule has 0 aliphatic heterocycles. The molecule has 2 aromatic rings. The first-order valence-electron chi connectivity index (χ1n) is 7.39. The van der Waals surface area contributed by atoms with Crippen LogP contribution in [0.25, 0.3) is 0 Å². The molecule has 2 aromatic carbocycles. The van der Waals surface area contributed by atoms with Gasteiger partial charge in [-0.15, -0.1) is 5.73 Å². The van der Waals surface area contributed by atoms with E-state index < -0.39 is 7.14 Å². The zero-order valence-corrected chi connectivity index (χ0v) is 13.5. The normalized spacial score (nSPS) is 12.4. The molecule has 0 heterocycles. The van der Waals surface area contributed by atoms with Crippen molar-refractivity contribution in [3.05, 3.63) is 79.0 Å². The molecule has 1 unspecified atom stereocenters. The van der Waals surface area contributed by atoms with E-state index in [-0.39, 0.29) is 12.3 Å². The van der Waals surface area contributed by atoms with Gasteiger partial charge >= 0.3 is 0 Å². The van der Waals surface area contributed by atoms with Crippen LogP contribution in [0.15, 0.2) is 79.0 Å². The topological polar surface area (TPSA) is 37.3 Å². The van der Waals surface area contributed by atoms with Gasteiger partial charge in [0.15, 0.2) is 0 Å². The Hall–Kier alpha value is -1.85. The fourth-order valence-corrected chi connectivity index (χ4v) is 5.94. The lowest BCUT2D eigenvalue weighted by atomic mass is 10.2. The number of aliphatic hydroxyl groups is 1. The lowest BCUT2D eigenvalue weighted by Gasteiger charge is -2.27. The minimum Gasteiger partial charge on any atom is -0.396 e. The Morgan fingerprint density at radius 1 is 1.05 bits per heavy atom. The molecule has 0 amide bonds. The van der Waals surface area contributed by atoms with E-state index in [4.69, 9.17) is 0 Å². The van der Waals surface area contributed by atoms with Gasteiger partial charge in [0.25, 0.3) is 0 Å². The number of aliphatic hydroxyl groups excluding tert-OH is 1. The molecule has 0 saturated heterocycles. The Balaban J connectivity index is 2.58. The van der Waals surface area contributed by atoms with E-state index in [2.05, 4.69) is 12.3 Å². The molecule has 1 atom stereocenters. The van der Waals surface area contributed by atoms with Crippen molar-refractivity contribution in [2.75, 3.05) is 6.61 Å². The van der Waals surface area contributed by atoms with Crippen molar-refractivity contribution in [3.8, 4) is 0 Å². The summed E-state index contributed by atoms with van der Waals surface area (Å²) in [6, 6.07) is 19.1. The number of allylic oxidation sites excluding steroid dienone is 1. The highest BCUT2D eigenvalue weighted by Gasteiger charge is 2.35. The Morgan fingerprint density at radius 3 is 1.95 bits per heavy atom. The zero-order chi connectivity index (χ0) is 15.8. The maximum atomic E-state index is 14.0. The largest absolute Gasteiger partial charge is 0.396 e. The van der Waals surface area contributed by atoms with Gasteiger partial charge in [0.05, 0.1) is 0 Å². The molecule has 0 spiro atoms. The Bertz CT molecular complexity index is 630. The maximum absolute atomic E-state index is 14.0. The van der Waals surface area contributed by atoms with Crippen LogP contribution in [0.2, 0.25) is 0 Å². The molecule has 0 aliphatic carbocycles. The van der Waals surface area contributed by atoms with Gasteiger partial charge in [-0.1, -0.05) is 67.2 Å². The van der Waals surface area contributed by atoms with Crippen LogP contribution in [0, 0.1) is 0 Å². The van der Waals surface area contributed by atoms with E-state index >= 15 is 0 Å². The molecular weight excluding hydrogens is 291 g/mol. The van der Waals surface area contributed by atoms with E-state index in [1.54, 1.807) is 6.08 Å². The van der Waals surface area contributed by atoms with Gasteiger partial charge in [-0.25, -0.2) is 0 Å². The summed E-state index contributed by atoms with van der Waals surface area (Å²) >= 11 is 0. The summed E-state index contributed by atoms with van der Waals surface area (Å²) in [6.07, 6.45) is 2.88. The molecule has 0 aromatic heterocycles. The first-order chi connectivity index (χ1) is 10.7. The molecule has 0 radical (unpaired) electrons. The predicted octanol–water partition coefficient (Wildman–Crippen LogP) is 3.48. The lowest BCUT2D eigenvalue weighted by Crippen LogP contribution is -2.26. The van der Waals surface area contributed by atoms with Crippen molar-refractivity contribution >= 4 is 17.8 Å². The third-order valence-corrected chi connectivity index (χ3v) is 7.42. The summed E-state index contributed by atoms with van der Waals surface area (Å²) in [5, 5.41) is 11.1. The second-order valence-electron chi connectivity index (χ2n) is 5.14. The van der Waals surface area contributed by atoms with Gasteiger partial charge in [0, 0.05) is 22.9 Å². The van der Waals surface area contributed by atoms with E-state index in [9.17, 15) is 9.67 Å². The molecule has 1 N–H and O–H groups in total. The lowest BCUT2D eigenvalue weighted by molar-refractivity contribution is 0.285. The highest BCUT2D eigenvalue weighted by Crippen LogP contribution is 2.51. The van der Waals surface area contributed by atoms with Crippen LogP contribution in [0.3, 0.4) is 0 Å². The second kappa shape index (κ2) is 7.96. The van der Waals surface area contributed by atoms with E-state index in [0.29, 0.717) is 12.8 Å². The Morgan fingerprint density at radius 2 is 1.55 bits per heavy atom. The first-order valence-corrected chi connectivity index (χ1v) is 9.17. The van der Waals surface area contributed by atoms with Gasteiger partial charge in [0.1, 0.15) is 7.14 Å². The summed E-state index contributed by atoms with van der Waals surface area (Å²) in [5.74, 6) is 0. The average molecular weight is 312 g/mol. The van der Waals surface area contributed by atoms with Crippen LogP contribution >= 0.6 is 7.14 Å². The first kappa shape index (κ1) is 16.5. The van der Waals surface area contributed by atoms with E-state index in [1.165, 1.54) is 0 Å². The maximum Gasteiger partial charge on any atom is 0.146 e. The number of rotatable bonds is 7. The van der Waals surface area contributed by atoms with Gasteiger partial charge in [-0.05, 0) is 18.9 Å². The number of hydrogen-bond acceptors (Lipinski definition) is 2. The fourth-order valence-electron chi connectivity index (χ4n) is 2.69. The molecule has 0 saturated carbocycles. The second-order valence-corrected chi connectivity index (χ2v) is 8.22. The van der Waals surface area contributed by atoms with Crippen molar-refractivity contribution in [1.82, 2.24) is 0 Å². The van der Waals surface area contributed by atoms with Gasteiger partial charge in [-0.2, -0.15) is 0 Å². The molecule has 3 heteroatoms. The van der Waals surface area contributed by atoms with Crippen LogP contribution in [0.5, 0.6) is 0 Å². The van der Waals surface area contributed by atoms with Crippen molar-refractivity contribution in [1.29, 1.82) is 0 Å². The van der Waals surface area contributed by atoms with Crippen molar-refractivity contribution < 1.29 is 9.67 Å². The summed E-state index contributed by atoms with van der Waals surface area (Å²) < 4.78 is 14.0. The quantitative estimate of drug-likeness (QED) is 0.628. The minimum absolute atomic E-state index is 0.0132. The van der Waals surface area contributed by atoms with Crippen LogP contribution in [0.1, 0.15) is 12.8 Å². The van der Waals surface area contributed by atoms with Crippen LogP contribution in [-0.4, -0.2) is 17.4 Å². The van der Waals surface area contributed by atoms with E-state index in [0.717, 1.165) is 10.6 Å². The molecule has 22 heavy (non-hydrogen) atoms. The average Bonchev–Trinajstić information content (AvgIpc) is 2.59. The molecule has 0 bridgehead atoms. The third kappa shape index (κ3) is 3.48. The minimum atomic E-state index is -2.84. The monoisotopic (exact) mass is 312 g/mol. The SMILES string of the molecule is C=C=CCC(CCO)P(=O)(c1ccccc1)c1ccccc1. The van der Waals surface area contributed by atoms with Crippen molar-refractivity contribution in [2.45, 2.75) is 18.5 Å². The number of hydrogen-bond donors (Lipinski definition) is 1. The van der Waals surface area contributed by atoms with Crippen molar-refractivity contribution in [3.63, 3.8) is 0 Å². The van der Waals surface area contributed by atoms with Gasteiger partial charge < -0.3 is 9.67 Å². The van der Waals surface area contributed by atoms with Crippen LogP contribution in [-0.2, 0) is 4.57 Å². The van der Waals surface area contributed by atoms with Crippen molar-refractivity contribution in [2.24, 2.45) is 0 Å². The highest BCUT2D eigenvalue weighted by atomic mass is 31.2. The summed E-state index contributed by atoms with van der Waals surface area (Å²) in [4.78, 5) is 0. The molecule has 0 fully saturated rings. The zero-order valence-electron chi connectivity index (χ0n) is 12.6. The fraction of sp³-hybridized carbons (Fsp3) is 0.211. The molecule has 2 rings (SSSR count). The summed E-state index contributed by atoms with van der Waals surface area (Å²) in [6.45, 7) is 3.60. The van der Waals surface area contributed by atoms with Crippen LogP contribution < -0.4 is 10.6 Å². The van der Waals surface area contributed by atoms with Gasteiger partial charge in [0.2, 0.25) is 0 Å². The summed E-state index contributed by atoms with van der Waals surface area (Å²) in [7, 11) is -2.84. The Labute approximate surface area is 132 Å². The summed E-state index contributed by atoms with van der Waals surface area (Å²) in [5.41, 5.74) is 2.60. The molecule has 114 valence electrons. The molecule has 0 aliphatic rings.